The molecule has 6 heterocycles. The van der Waals surface area contributed by atoms with E-state index in [0.29, 0.717) is 0 Å². The monoisotopic (exact) mass is 520 g/mol. The van der Waals surface area contributed by atoms with E-state index in [2.05, 4.69) is 95.7 Å². The van der Waals surface area contributed by atoms with Crippen LogP contribution in [0.1, 0.15) is 9.75 Å². The molecule has 0 atom stereocenters. The smallest absolute Gasteiger partial charge is 0.0449 e. The van der Waals surface area contributed by atoms with Gasteiger partial charge in [0.1, 0.15) is 0 Å². The molecule has 0 aliphatic heterocycles. The van der Waals surface area contributed by atoms with E-state index in [1.807, 2.05) is 45.3 Å². The van der Waals surface area contributed by atoms with Crippen LogP contribution in [0.25, 0.3) is 51.2 Å². The van der Waals surface area contributed by atoms with Crippen molar-refractivity contribution in [3.05, 3.63) is 93.3 Å². The van der Waals surface area contributed by atoms with Gasteiger partial charge in [-0.05, 0) is 83.6 Å². The Bertz CT molecular complexity index is 1350. The zero-order valence-electron chi connectivity index (χ0n) is 16.7. The van der Waals surface area contributed by atoms with E-state index in [9.17, 15) is 0 Å². The van der Waals surface area contributed by atoms with Crippen molar-refractivity contribution in [1.29, 1.82) is 0 Å². The predicted octanol–water partition coefficient (Wildman–Crippen LogP) is 10.9. The van der Waals surface area contributed by atoms with Crippen LogP contribution < -0.4 is 0 Å². The molecule has 6 aromatic heterocycles. The second-order valence-corrected chi connectivity index (χ2v) is 13.3. The maximum absolute atomic E-state index is 2.25. The van der Waals surface area contributed by atoms with Gasteiger partial charge >= 0.3 is 0 Å². The molecule has 6 rings (SSSR count). The van der Waals surface area contributed by atoms with Crippen LogP contribution in [0.5, 0.6) is 0 Å². The van der Waals surface area contributed by atoms with Crippen LogP contribution in [-0.2, 0) is 0 Å². The van der Waals surface area contributed by atoms with Crippen molar-refractivity contribution in [2.24, 2.45) is 0 Å². The molecule has 0 radical (unpaired) electrons. The highest BCUT2D eigenvalue weighted by Gasteiger charge is 2.09. The summed E-state index contributed by atoms with van der Waals surface area (Å²) in [6, 6.07) is 26.5. The third kappa shape index (κ3) is 4.27. The first-order chi connectivity index (χ1) is 15.8. The Balaban J connectivity index is 1.17. The Morgan fingerprint density at radius 1 is 0.375 bits per heavy atom. The summed E-state index contributed by atoms with van der Waals surface area (Å²) in [6.45, 7) is 0. The molecular formula is C26H16S6. The largest absolute Gasteiger partial charge is 0.143 e. The molecule has 0 saturated heterocycles. The van der Waals surface area contributed by atoms with Gasteiger partial charge in [0.2, 0.25) is 0 Å². The Morgan fingerprint density at radius 2 is 0.750 bits per heavy atom. The van der Waals surface area contributed by atoms with Gasteiger partial charge in [-0.15, -0.1) is 68.0 Å². The Hall–Kier alpha value is -2.06. The quantitative estimate of drug-likeness (QED) is 0.205. The minimum Gasteiger partial charge on any atom is -0.143 e. The summed E-state index contributed by atoms with van der Waals surface area (Å²) in [4.78, 5) is 13.3. The first-order valence-corrected chi connectivity index (χ1v) is 15.0. The van der Waals surface area contributed by atoms with Crippen molar-refractivity contribution in [2.75, 3.05) is 0 Å². The van der Waals surface area contributed by atoms with Gasteiger partial charge in [0.05, 0.1) is 0 Å². The predicted molar refractivity (Wildman–Crippen MR) is 151 cm³/mol. The van der Waals surface area contributed by atoms with E-state index in [0.717, 1.165) is 0 Å². The van der Waals surface area contributed by atoms with Gasteiger partial charge in [-0.3, -0.25) is 0 Å². The summed E-state index contributed by atoms with van der Waals surface area (Å²) in [7, 11) is 0. The van der Waals surface area contributed by atoms with Crippen LogP contribution in [0.4, 0.5) is 0 Å². The SMILES string of the molecule is C(=C\c1ccc(-c2ccc(-c3cccs3)s2)s1)/c1ccc(-c2ccc(-c3cccs3)s2)s1. The molecule has 0 spiro atoms. The maximum atomic E-state index is 2.25. The van der Waals surface area contributed by atoms with Crippen LogP contribution in [0.3, 0.4) is 0 Å². The van der Waals surface area contributed by atoms with Crippen molar-refractivity contribution in [2.45, 2.75) is 0 Å². The van der Waals surface area contributed by atoms with Gasteiger partial charge in [0.25, 0.3) is 0 Å². The molecular weight excluding hydrogens is 505 g/mol. The highest BCUT2D eigenvalue weighted by atomic mass is 32.1. The Labute approximate surface area is 211 Å². The van der Waals surface area contributed by atoms with Crippen LogP contribution in [-0.4, -0.2) is 0 Å². The third-order valence-corrected chi connectivity index (χ3v) is 11.7. The molecule has 0 nitrogen and oxygen atoms in total. The van der Waals surface area contributed by atoms with E-state index in [4.69, 9.17) is 0 Å². The van der Waals surface area contributed by atoms with E-state index in [-0.39, 0.29) is 0 Å². The fourth-order valence-electron chi connectivity index (χ4n) is 3.36. The average molecular weight is 521 g/mol. The normalized spacial score (nSPS) is 11.6. The minimum absolute atomic E-state index is 1.29. The van der Waals surface area contributed by atoms with Gasteiger partial charge < -0.3 is 0 Å². The number of hydrogen-bond donors (Lipinski definition) is 0. The van der Waals surface area contributed by atoms with Crippen LogP contribution in [0, 0.1) is 0 Å². The van der Waals surface area contributed by atoms with E-state index < -0.39 is 0 Å². The molecule has 156 valence electrons. The maximum Gasteiger partial charge on any atom is 0.0449 e. The van der Waals surface area contributed by atoms with Crippen molar-refractivity contribution in [3.8, 4) is 39.0 Å². The van der Waals surface area contributed by atoms with Crippen molar-refractivity contribution < 1.29 is 0 Å². The van der Waals surface area contributed by atoms with E-state index in [1.165, 1.54) is 48.8 Å². The van der Waals surface area contributed by atoms with Gasteiger partial charge in [-0.1, -0.05) is 12.1 Å². The summed E-state index contributed by atoms with van der Waals surface area (Å²) < 4.78 is 0. The minimum atomic E-state index is 1.29. The number of rotatable bonds is 6. The number of thiophene rings is 6. The lowest BCUT2D eigenvalue weighted by Gasteiger charge is -1.91. The topological polar surface area (TPSA) is 0 Å². The molecule has 0 unspecified atom stereocenters. The average Bonchev–Trinajstić information content (AvgIpc) is 3.66. The van der Waals surface area contributed by atoms with E-state index in [1.54, 1.807) is 22.7 Å². The molecule has 0 aromatic carbocycles. The zero-order valence-corrected chi connectivity index (χ0v) is 21.6. The zero-order chi connectivity index (χ0) is 21.3. The van der Waals surface area contributed by atoms with Gasteiger partial charge in [-0.25, -0.2) is 0 Å². The molecule has 0 amide bonds. The summed E-state index contributed by atoms with van der Waals surface area (Å²) in [6.07, 6.45) is 4.48. The second-order valence-electron chi connectivity index (χ2n) is 7.02. The standard InChI is InChI=1S/C26H16S6/c1-3-19(27-15-1)21-11-13-25(31-21)23-9-7-17(29-23)5-6-18-8-10-24(30-18)26-14-12-22(32-26)20-4-2-16-28-20/h1-16H/b6-5+. The second kappa shape index (κ2) is 9.06. The van der Waals surface area contributed by atoms with Crippen molar-refractivity contribution >= 4 is 80.2 Å². The molecule has 0 aliphatic carbocycles. The Kier molecular flexibility index (Phi) is 5.81. The summed E-state index contributed by atoms with van der Waals surface area (Å²) in [5, 5.41) is 4.28. The molecule has 32 heavy (non-hydrogen) atoms. The summed E-state index contributed by atoms with van der Waals surface area (Å²) >= 11 is 11.1. The first kappa shape index (κ1) is 20.5. The number of hydrogen-bond acceptors (Lipinski definition) is 6. The molecule has 0 bridgehead atoms. The highest BCUT2D eigenvalue weighted by molar-refractivity contribution is 7.27. The van der Waals surface area contributed by atoms with Crippen LogP contribution in [0.15, 0.2) is 83.6 Å². The van der Waals surface area contributed by atoms with Crippen LogP contribution in [0.2, 0.25) is 0 Å². The fourth-order valence-corrected chi connectivity index (χ4v) is 9.04. The summed E-state index contributed by atoms with van der Waals surface area (Å²) in [5.74, 6) is 0. The molecule has 6 heteroatoms. The van der Waals surface area contributed by atoms with Gasteiger partial charge in [0.15, 0.2) is 0 Å². The molecule has 0 saturated carbocycles. The molecule has 0 N–H and O–H groups in total. The molecule has 0 fully saturated rings. The van der Waals surface area contributed by atoms with Crippen molar-refractivity contribution in [3.63, 3.8) is 0 Å². The third-order valence-electron chi connectivity index (χ3n) is 4.89. The highest BCUT2D eigenvalue weighted by Crippen LogP contribution is 2.41. The van der Waals surface area contributed by atoms with Crippen LogP contribution >= 0.6 is 68.0 Å². The molecule has 6 aromatic rings. The van der Waals surface area contributed by atoms with Crippen molar-refractivity contribution in [1.82, 2.24) is 0 Å². The van der Waals surface area contributed by atoms with Gasteiger partial charge in [0, 0.05) is 48.8 Å². The first-order valence-electron chi connectivity index (χ1n) is 9.98. The lowest BCUT2D eigenvalue weighted by atomic mass is 10.3. The molecule has 0 aliphatic rings. The lowest BCUT2D eigenvalue weighted by molar-refractivity contribution is 1.89. The summed E-state index contributed by atoms with van der Waals surface area (Å²) in [5.41, 5.74) is 0. The van der Waals surface area contributed by atoms with Gasteiger partial charge in [-0.2, -0.15) is 0 Å². The van der Waals surface area contributed by atoms with E-state index >= 15 is 0 Å². The lowest BCUT2D eigenvalue weighted by Crippen LogP contribution is -1.59. The fraction of sp³-hybridized carbons (Fsp3) is 0. The Morgan fingerprint density at radius 3 is 1.16 bits per heavy atom.